The molecule has 1 N–H and O–H groups in total. The van der Waals surface area contributed by atoms with Gasteiger partial charge in [-0.2, -0.15) is 5.10 Å². The molecule has 0 aliphatic carbocycles. The van der Waals surface area contributed by atoms with Gasteiger partial charge in [-0.3, -0.25) is 4.79 Å². The lowest BCUT2D eigenvalue weighted by molar-refractivity contribution is 0.0954. The van der Waals surface area contributed by atoms with E-state index in [1.54, 1.807) is 22.2 Å². The number of carbonyl (C=O) groups excluding carboxylic acids is 1. The zero-order valence-electron chi connectivity index (χ0n) is 11.7. The van der Waals surface area contributed by atoms with E-state index in [1.165, 1.54) is 4.88 Å². The molecule has 6 heteroatoms. The summed E-state index contributed by atoms with van der Waals surface area (Å²) in [5.74, 6) is -0.0531. The highest BCUT2D eigenvalue weighted by molar-refractivity contribution is 9.11. The number of thiophene rings is 1. The molecule has 0 bridgehead atoms. The molecule has 2 aromatic heterocycles. The number of amides is 1. The molecule has 1 aromatic carbocycles. The minimum absolute atomic E-state index is 0.0531. The summed E-state index contributed by atoms with van der Waals surface area (Å²) >= 11 is 5.13. The highest BCUT2D eigenvalue weighted by Crippen LogP contribution is 2.22. The van der Waals surface area contributed by atoms with Crippen LogP contribution in [0.15, 0.2) is 58.6 Å². The van der Waals surface area contributed by atoms with Crippen LogP contribution in [0.25, 0.3) is 5.69 Å². The number of nitrogens with zero attached hydrogens (tertiary/aromatic N) is 2. The fourth-order valence-electron chi connectivity index (χ4n) is 2.07. The zero-order valence-corrected chi connectivity index (χ0v) is 14.1. The van der Waals surface area contributed by atoms with Crippen molar-refractivity contribution in [2.45, 2.75) is 6.42 Å². The molecule has 4 nitrogen and oxygen atoms in total. The van der Waals surface area contributed by atoms with Gasteiger partial charge >= 0.3 is 0 Å². The van der Waals surface area contributed by atoms with E-state index in [0.717, 1.165) is 15.9 Å². The quantitative estimate of drug-likeness (QED) is 0.739. The van der Waals surface area contributed by atoms with E-state index in [9.17, 15) is 4.79 Å². The largest absolute Gasteiger partial charge is 0.352 e. The van der Waals surface area contributed by atoms with Crippen LogP contribution in [0.4, 0.5) is 0 Å². The number of nitrogens with one attached hydrogen (secondary N) is 1. The predicted molar refractivity (Wildman–Crippen MR) is 91.6 cm³/mol. The Hall–Kier alpha value is -1.92. The normalized spacial score (nSPS) is 10.6. The summed E-state index contributed by atoms with van der Waals surface area (Å²) in [6.45, 7) is 0.632. The van der Waals surface area contributed by atoms with E-state index in [-0.39, 0.29) is 5.91 Å². The molecule has 0 fully saturated rings. The summed E-state index contributed by atoms with van der Waals surface area (Å²) in [4.78, 5) is 13.3. The summed E-state index contributed by atoms with van der Waals surface area (Å²) in [6.07, 6.45) is 4.44. The van der Waals surface area contributed by atoms with Crippen LogP contribution in [0.2, 0.25) is 0 Å². The van der Waals surface area contributed by atoms with Crippen LogP contribution >= 0.6 is 27.3 Å². The Balaban J connectivity index is 1.56. The van der Waals surface area contributed by atoms with Crippen molar-refractivity contribution in [1.82, 2.24) is 15.1 Å². The van der Waals surface area contributed by atoms with Crippen molar-refractivity contribution in [3.8, 4) is 5.69 Å². The van der Waals surface area contributed by atoms with Crippen molar-refractivity contribution in [1.29, 1.82) is 0 Å². The van der Waals surface area contributed by atoms with Gasteiger partial charge in [0, 0.05) is 29.4 Å². The van der Waals surface area contributed by atoms with E-state index >= 15 is 0 Å². The Bertz CT molecular complexity index is 750. The Morgan fingerprint density at radius 2 is 2.05 bits per heavy atom. The second kappa shape index (κ2) is 6.89. The molecule has 0 spiro atoms. The summed E-state index contributed by atoms with van der Waals surface area (Å²) in [6, 6.07) is 13.4. The molecule has 0 atom stereocenters. The van der Waals surface area contributed by atoms with Crippen molar-refractivity contribution in [2.24, 2.45) is 0 Å². The monoisotopic (exact) mass is 375 g/mol. The Kier molecular flexibility index (Phi) is 4.70. The van der Waals surface area contributed by atoms with Crippen molar-refractivity contribution in [3.63, 3.8) is 0 Å². The fourth-order valence-corrected chi connectivity index (χ4v) is 3.56. The van der Waals surface area contributed by atoms with Crippen LogP contribution in [-0.2, 0) is 6.42 Å². The second-order valence-electron chi connectivity index (χ2n) is 4.71. The second-order valence-corrected chi connectivity index (χ2v) is 7.26. The molecule has 0 saturated carbocycles. The molecule has 0 aliphatic rings. The maximum absolute atomic E-state index is 12.1. The van der Waals surface area contributed by atoms with Crippen molar-refractivity contribution < 1.29 is 4.79 Å². The van der Waals surface area contributed by atoms with Gasteiger partial charge in [0.1, 0.15) is 0 Å². The molecule has 112 valence electrons. The predicted octanol–water partition coefficient (Wildman–Crippen LogP) is 3.67. The SMILES string of the molecule is O=C(NCCc1ccc(Br)s1)c1ccc(-n2cccn2)cc1. The number of rotatable bonds is 5. The first-order chi connectivity index (χ1) is 10.7. The van der Waals surface area contributed by atoms with Gasteiger partial charge < -0.3 is 5.32 Å². The van der Waals surface area contributed by atoms with Crippen LogP contribution < -0.4 is 5.32 Å². The standard InChI is InChI=1S/C16H14BrN3OS/c17-15-7-6-14(22-15)8-10-18-16(21)12-2-4-13(5-3-12)20-11-1-9-19-20/h1-7,9,11H,8,10H2,(H,18,21). The molecular formula is C16H14BrN3OS. The number of hydrogen-bond acceptors (Lipinski definition) is 3. The average Bonchev–Trinajstić information content (AvgIpc) is 3.19. The van der Waals surface area contributed by atoms with E-state index in [1.807, 2.05) is 42.6 Å². The van der Waals surface area contributed by atoms with Gasteiger partial charge in [0.15, 0.2) is 0 Å². The number of benzene rings is 1. The molecule has 2 heterocycles. The zero-order chi connectivity index (χ0) is 15.4. The molecule has 3 aromatic rings. The Morgan fingerprint density at radius 1 is 1.23 bits per heavy atom. The van der Waals surface area contributed by atoms with Gasteiger partial charge in [0.05, 0.1) is 9.47 Å². The average molecular weight is 376 g/mol. The fraction of sp³-hybridized carbons (Fsp3) is 0.125. The minimum Gasteiger partial charge on any atom is -0.352 e. The highest BCUT2D eigenvalue weighted by atomic mass is 79.9. The molecular weight excluding hydrogens is 362 g/mol. The third-order valence-corrected chi connectivity index (χ3v) is 4.87. The third kappa shape index (κ3) is 3.64. The number of hydrogen-bond donors (Lipinski definition) is 1. The van der Waals surface area contributed by atoms with Crippen molar-refractivity contribution in [3.05, 3.63) is 69.1 Å². The van der Waals surface area contributed by atoms with Crippen LogP contribution in [0.1, 0.15) is 15.2 Å². The van der Waals surface area contributed by atoms with E-state index < -0.39 is 0 Å². The van der Waals surface area contributed by atoms with Gasteiger partial charge in [-0.05, 0) is 64.8 Å². The molecule has 22 heavy (non-hydrogen) atoms. The summed E-state index contributed by atoms with van der Waals surface area (Å²) in [5, 5.41) is 7.10. The van der Waals surface area contributed by atoms with Gasteiger partial charge in [0.25, 0.3) is 5.91 Å². The van der Waals surface area contributed by atoms with E-state index in [2.05, 4.69) is 32.4 Å². The van der Waals surface area contributed by atoms with Crippen LogP contribution in [0.5, 0.6) is 0 Å². The first kappa shape index (κ1) is 15.0. The lowest BCUT2D eigenvalue weighted by Crippen LogP contribution is -2.25. The Labute approximate surface area is 140 Å². The summed E-state index contributed by atoms with van der Waals surface area (Å²) in [5.41, 5.74) is 1.59. The minimum atomic E-state index is -0.0531. The summed E-state index contributed by atoms with van der Waals surface area (Å²) < 4.78 is 2.87. The lowest BCUT2D eigenvalue weighted by atomic mass is 10.2. The first-order valence-electron chi connectivity index (χ1n) is 6.85. The Morgan fingerprint density at radius 3 is 2.68 bits per heavy atom. The first-order valence-corrected chi connectivity index (χ1v) is 8.46. The van der Waals surface area contributed by atoms with Crippen LogP contribution in [-0.4, -0.2) is 22.2 Å². The molecule has 0 unspecified atom stereocenters. The smallest absolute Gasteiger partial charge is 0.251 e. The molecule has 0 radical (unpaired) electrons. The topological polar surface area (TPSA) is 46.9 Å². The van der Waals surface area contributed by atoms with Gasteiger partial charge in [-0.25, -0.2) is 4.68 Å². The highest BCUT2D eigenvalue weighted by Gasteiger charge is 2.06. The van der Waals surface area contributed by atoms with Crippen LogP contribution in [0, 0.1) is 0 Å². The third-order valence-electron chi connectivity index (χ3n) is 3.18. The van der Waals surface area contributed by atoms with Gasteiger partial charge in [-0.1, -0.05) is 0 Å². The maximum atomic E-state index is 12.1. The lowest BCUT2D eigenvalue weighted by Gasteiger charge is -2.06. The maximum Gasteiger partial charge on any atom is 0.251 e. The van der Waals surface area contributed by atoms with Gasteiger partial charge in [0.2, 0.25) is 0 Å². The molecule has 3 rings (SSSR count). The van der Waals surface area contributed by atoms with Crippen LogP contribution in [0.3, 0.4) is 0 Å². The molecule has 0 aliphatic heterocycles. The van der Waals surface area contributed by atoms with Crippen molar-refractivity contribution >= 4 is 33.2 Å². The number of halogens is 1. The molecule has 1 amide bonds. The molecule has 0 saturated heterocycles. The number of carbonyl (C=O) groups is 1. The van der Waals surface area contributed by atoms with E-state index in [0.29, 0.717) is 12.1 Å². The summed E-state index contributed by atoms with van der Waals surface area (Å²) in [7, 11) is 0. The van der Waals surface area contributed by atoms with E-state index in [4.69, 9.17) is 0 Å². The number of aromatic nitrogens is 2. The van der Waals surface area contributed by atoms with Crippen molar-refractivity contribution in [2.75, 3.05) is 6.54 Å². The van der Waals surface area contributed by atoms with Gasteiger partial charge in [-0.15, -0.1) is 11.3 Å².